The number of furan rings is 1. The van der Waals surface area contributed by atoms with Crippen LogP contribution in [0.1, 0.15) is 36.2 Å². The van der Waals surface area contributed by atoms with Gasteiger partial charge in [-0.1, -0.05) is 5.16 Å². The smallest absolute Gasteiger partial charge is 0.287 e. The Hall–Kier alpha value is -3.77. The molecule has 0 spiro atoms. The second-order valence-electron chi connectivity index (χ2n) is 9.79. The number of hydrogen-bond donors (Lipinski definition) is 1. The highest BCUT2D eigenvalue weighted by Gasteiger charge is 2.25. The molecule has 0 bridgehead atoms. The van der Waals surface area contributed by atoms with E-state index in [2.05, 4.69) is 20.4 Å². The van der Waals surface area contributed by atoms with Crippen LogP contribution in [0.25, 0.3) is 11.4 Å². The number of amides is 2. The molecule has 2 amide bonds. The first-order chi connectivity index (χ1) is 18.8. The molecule has 11 nitrogen and oxygen atoms in total. The van der Waals surface area contributed by atoms with Gasteiger partial charge in [0.15, 0.2) is 5.76 Å². The molecule has 1 saturated heterocycles. The van der Waals surface area contributed by atoms with Crippen LogP contribution in [0.5, 0.6) is 5.75 Å². The molecule has 3 heterocycles. The number of ether oxygens (including phenoxy) is 1. The SMILES string of the molecule is C[C@H](NC(=O)c1ccco1)C(=O)N1CCCN(CCCOc2ccc(-c3noc(CN(C)C)n3)c(F)c2)CC1. The molecular formula is C27H35FN6O5. The number of hydrogen-bond acceptors (Lipinski definition) is 9. The predicted molar refractivity (Wildman–Crippen MR) is 140 cm³/mol. The molecule has 12 heteroatoms. The van der Waals surface area contributed by atoms with Crippen molar-refractivity contribution in [3.63, 3.8) is 0 Å². The Bertz CT molecular complexity index is 1230. The Balaban J connectivity index is 1.18. The average molecular weight is 543 g/mol. The van der Waals surface area contributed by atoms with Gasteiger partial charge in [0, 0.05) is 32.2 Å². The number of rotatable bonds is 11. The van der Waals surface area contributed by atoms with Crippen LogP contribution in [0.15, 0.2) is 45.5 Å². The molecule has 0 aliphatic carbocycles. The molecular weight excluding hydrogens is 507 g/mol. The van der Waals surface area contributed by atoms with Gasteiger partial charge in [-0.2, -0.15) is 4.98 Å². The number of halogens is 1. The maximum absolute atomic E-state index is 14.7. The highest BCUT2D eigenvalue weighted by Crippen LogP contribution is 2.24. The van der Waals surface area contributed by atoms with Gasteiger partial charge in [-0.05, 0) is 64.7 Å². The Labute approximate surface area is 226 Å². The molecule has 0 radical (unpaired) electrons. The molecule has 1 fully saturated rings. The zero-order valence-corrected chi connectivity index (χ0v) is 22.6. The third-order valence-corrected chi connectivity index (χ3v) is 6.35. The van der Waals surface area contributed by atoms with Crippen molar-refractivity contribution < 1.29 is 27.7 Å². The van der Waals surface area contributed by atoms with Gasteiger partial charge < -0.3 is 33.7 Å². The van der Waals surface area contributed by atoms with Crippen molar-refractivity contribution in [2.45, 2.75) is 32.4 Å². The van der Waals surface area contributed by atoms with Crippen molar-refractivity contribution in [2.75, 3.05) is 53.4 Å². The lowest BCUT2D eigenvalue weighted by molar-refractivity contribution is -0.132. The van der Waals surface area contributed by atoms with E-state index in [1.807, 2.05) is 19.0 Å². The molecule has 3 aromatic rings. The fourth-order valence-corrected chi connectivity index (χ4v) is 4.37. The molecule has 210 valence electrons. The summed E-state index contributed by atoms with van der Waals surface area (Å²) in [7, 11) is 3.77. The van der Waals surface area contributed by atoms with Gasteiger partial charge in [0.05, 0.1) is 25.0 Å². The fraction of sp³-hybridized carbons (Fsp3) is 0.481. The molecule has 0 saturated carbocycles. The maximum Gasteiger partial charge on any atom is 0.287 e. The van der Waals surface area contributed by atoms with Crippen molar-refractivity contribution in [1.82, 2.24) is 30.2 Å². The molecule has 2 aromatic heterocycles. The van der Waals surface area contributed by atoms with Crippen LogP contribution in [-0.2, 0) is 11.3 Å². The van der Waals surface area contributed by atoms with E-state index >= 15 is 0 Å². The summed E-state index contributed by atoms with van der Waals surface area (Å²) in [4.78, 5) is 35.2. The van der Waals surface area contributed by atoms with Crippen molar-refractivity contribution >= 4 is 11.8 Å². The lowest BCUT2D eigenvalue weighted by Crippen LogP contribution is -2.48. The first-order valence-electron chi connectivity index (χ1n) is 13.1. The summed E-state index contributed by atoms with van der Waals surface area (Å²) in [6, 6.07) is 7.16. The highest BCUT2D eigenvalue weighted by molar-refractivity contribution is 5.95. The quantitative estimate of drug-likeness (QED) is 0.365. The highest BCUT2D eigenvalue weighted by atomic mass is 19.1. The number of carbonyl (C=O) groups is 2. The first kappa shape index (κ1) is 28.2. The van der Waals surface area contributed by atoms with Gasteiger partial charge in [0.25, 0.3) is 5.91 Å². The summed E-state index contributed by atoms with van der Waals surface area (Å²) in [5.74, 6) is 0.249. The zero-order chi connectivity index (χ0) is 27.8. The first-order valence-corrected chi connectivity index (χ1v) is 13.1. The van der Waals surface area contributed by atoms with Crippen molar-refractivity contribution in [3.8, 4) is 17.1 Å². The number of nitrogens with one attached hydrogen (secondary N) is 1. The van der Waals surface area contributed by atoms with E-state index in [0.29, 0.717) is 37.9 Å². The summed E-state index contributed by atoms with van der Waals surface area (Å²) in [5.41, 5.74) is 0.259. The summed E-state index contributed by atoms with van der Waals surface area (Å²) in [6.45, 7) is 6.20. The van der Waals surface area contributed by atoms with Crippen LogP contribution < -0.4 is 10.1 Å². The minimum atomic E-state index is -0.644. The molecule has 0 unspecified atom stereocenters. The van der Waals surface area contributed by atoms with Gasteiger partial charge in [0.2, 0.25) is 17.6 Å². The maximum atomic E-state index is 14.7. The van der Waals surface area contributed by atoms with Crippen molar-refractivity contribution in [3.05, 3.63) is 54.1 Å². The Morgan fingerprint density at radius 1 is 1.21 bits per heavy atom. The van der Waals surface area contributed by atoms with Crippen molar-refractivity contribution in [1.29, 1.82) is 0 Å². The van der Waals surface area contributed by atoms with E-state index in [0.717, 1.165) is 32.5 Å². The number of nitrogens with zero attached hydrogens (tertiary/aromatic N) is 5. The van der Waals surface area contributed by atoms with E-state index < -0.39 is 17.8 Å². The van der Waals surface area contributed by atoms with E-state index in [9.17, 15) is 14.0 Å². The molecule has 39 heavy (non-hydrogen) atoms. The number of benzene rings is 1. The lowest BCUT2D eigenvalue weighted by atomic mass is 10.2. The minimum Gasteiger partial charge on any atom is -0.493 e. The minimum absolute atomic E-state index is 0.111. The van der Waals surface area contributed by atoms with E-state index in [1.165, 1.54) is 12.3 Å². The van der Waals surface area contributed by atoms with E-state index in [1.54, 1.807) is 36.1 Å². The van der Waals surface area contributed by atoms with Gasteiger partial charge in [-0.25, -0.2) is 4.39 Å². The molecule has 4 rings (SSSR count). The fourth-order valence-electron chi connectivity index (χ4n) is 4.37. The van der Waals surface area contributed by atoms with Gasteiger partial charge in [-0.15, -0.1) is 0 Å². The topological polar surface area (TPSA) is 117 Å². The van der Waals surface area contributed by atoms with Gasteiger partial charge in [0.1, 0.15) is 17.6 Å². The monoisotopic (exact) mass is 542 g/mol. The standard InChI is InChI=1S/C27H35FN6O5/c1-19(29-26(35)23-7-4-15-38-23)27(36)34-12-5-10-33(13-14-34)11-6-16-37-20-8-9-21(22(28)17-20)25-30-24(39-31-25)18-32(2)3/h4,7-9,15,17,19H,5-6,10-14,16,18H2,1-3H3,(H,29,35)/t19-/m0/s1. The predicted octanol–water partition coefficient (Wildman–Crippen LogP) is 2.65. The normalized spacial score (nSPS) is 15.3. The van der Waals surface area contributed by atoms with E-state index in [4.69, 9.17) is 13.7 Å². The van der Waals surface area contributed by atoms with Crippen LogP contribution in [0.4, 0.5) is 4.39 Å². The molecule has 1 aromatic carbocycles. The third-order valence-electron chi connectivity index (χ3n) is 6.35. The zero-order valence-electron chi connectivity index (χ0n) is 22.6. The number of carbonyl (C=O) groups excluding carboxylic acids is 2. The Kier molecular flexibility index (Phi) is 9.66. The van der Waals surface area contributed by atoms with Crippen molar-refractivity contribution in [2.24, 2.45) is 0 Å². The molecule has 1 aliphatic rings. The summed E-state index contributed by atoms with van der Waals surface area (Å²) >= 11 is 0. The van der Waals surface area contributed by atoms with Crippen LogP contribution >= 0.6 is 0 Å². The summed E-state index contributed by atoms with van der Waals surface area (Å²) < 4.78 is 30.7. The largest absolute Gasteiger partial charge is 0.493 e. The molecule has 1 aliphatic heterocycles. The molecule has 1 atom stereocenters. The summed E-state index contributed by atoms with van der Waals surface area (Å²) in [6.07, 6.45) is 3.01. The third kappa shape index (κ3) is 7.87. The van der Waals surface area contributed by atoms with Crippen LogP contribution in [0.3, 0.4) is 0 Å². The van der Waals surface area contributed by atoms with Gasteiger partial charge in [-0.3, -0.25) is 9.59 Å². The van der Waals surface area contributed by atoms with E-state index in [-0.39, 0.29) is 23.1 Å². The van der Waals surface area contributed by atoms with Gasteiger partial charge >= 0.3 is 0 Å². The second-order valence-corrected chi connectivity index (χ2v) is 9.79. The summed E-state index contributed by atoms with van der Waals surface area (Å²) in [5, 5.41) is 6.57. The lowest BCUT2D eigenvalue weighted by Gasteiger charge is -2.25. The van der Waals surface area contributed by atoms with Crippen LogP contribution in [-0.4, -0.2) is 96.1 Å². The number of aromatic nitrogens is 2. The average Bonchev–Trinajstić information content (AvgIpc) is 3.55. The second kappa shape index (κ2) is 13.3. The Morgan fingerprint density at radius 2 is 2.05 bits per heavy atom. The van der Waals surface area contributed by atoms with Crippen LogP contribution in [0, 0.1) is 5.82 Å². The molecule has 1 N–H and O–H groups in total. The van der Waals surface area contributed by atoms with Crippen LogP contribution in [0.2, 0.25) is 0 Å². The Morgan fingerprint density at radius 3 is 2.79 bits per heavy atom.